The number of nitrogens with one attached hydrogen (secondary N) is 1. The first-order valence-electron chi connectivity index (χ1n) is 6.51. The minimum absolute atomic E-state index is 0.162. The third kappa shape index (κ3) is 4.70. The first-order chi connectivity index (χ1) is 9.49. The third-order valence-electron chi connectivity index (χ3n) is 2.99. The van der Waals surface area contributed by atoms with Crippen molar-refractivity contribution in [2.45, 2.75) is 24.2 Å². The van der Waals surface area contributed by atoms with E-state index in [1.807, 2.05) is 0 Å². The fraction of sp³-hybridized carbons (Fsp3) is 0.538. The summed E-state index contributed by atoms with van der Waals surface area (Å²) in [6.45, 7) is 1.47. The van der Waals surface area contributed by atoms with E-state index in [2.05, 4.69) is 4.72 Å². The maximum atomic E-state index is 13.5. The van der Waals surface area contributed by atoms with Crippen LogP contribution in [0.2, 0.25) is 5.02 Å². The molecular formula is C13H17ClFNO3S. The van der Waals surface area contributed by atoms with Gasteiger partial charge >= 0.3 is 0 Å². The predicted octanol–water partition coefficient (Wildman–Crippen LogP) is 2.57. The molecule has 1 aliphatic rings. The molecule has 2 rings (SSSR count). The maximum Gasteiger partial charge on any atom is 0.243 e. The van der Waals surface area contributed by atoms with Gasteiger partial charge in [-0.3, -0.25) is 0 Å². The number of ether oxygens (including phenoxy) is 1. The Balaban J connectivity index is 1.77. The highest BCUT2D eigenvalue weighted by molar-refractivity contribution is 7.89. The van der Waals surface area contributed by atoms with Gasteiger partial charge in [-0.05, 0) is 43.4 Å². The van der Waals surface area contributed by atoms with Crippen LogP contribution in [0.1, 0.15) is 19.3 Å². The van der Waals surface area contributed by atoms with Gasteiger partial charge in [-0.15, -0.1) is 0 Å². The summed E-state index contributed by atoms with van der Waals surface area (Å²) in [7, 11) is -3.84. The average Bonchev–Trinajstić information content (AvgIpc) is 3.17. The van der Waals surface area contributed by atoms with Crippen molar-refractivity contribution in [2.75, 3.05) is 19.8 Å². The van der Waals surface area contributed by atoms with Crippen LogP contribution in [0.15, 0.2) is 23.1 Å². The van der Waals surface area contributed by atoms with Crippen LogP contribution in [0.4, 0.5) is 4.39 Å². The van der Waals surface area contributed by atoms with Gasteiger partial charge in [0.05, 0.1) is 0 Å². The maximum absolute atomic E-state index is 13.5. The van der Waals surface area contributed by atoms with Crippen molar-refractivity contribution < 1.29 is 17.5 Å². The van der Waals surface area contributed by atoms with Crippen LogP contribution in [0, 0.1) is 11.7 Å². The lowest BCUT2D eigenvalue weighted by Gasteiger charge is -2.08. The molecule has 1 aromatic carbocycles. The Hall–Kier alpha value is -0.690. The minimum atomic E-state index is -3.84. The molecule has 1 saturated carbocycles. The van der Waals surface area contributed by atoms with E-state index in [9.17, 15) is 12.8 Å². The lowest BCUT2D eigenvalue weighted by Crippen LogP contribution is -2.26. The fourth-order valence-electron chi connectivity index (χ4n) is 1.69. The van der Waals surface area contributed by atoms with Gasteiger partial charge in [-0.25, -0.2) is 17.5 Å². The second-order valence-corrected chi connectivity index (χ2v) is 7.02. The normalized spacial score (nSPS) is 15.5. The van der Waals surface area contributed by atoms with Crippen LogP contribution in [0.3, 0.4) is 0 Å². The molecule has 1 N–H and O–H groups in total. The first-order valence-corrected chi connectivity index (χ1v) is 8.37. The van der Waals surface area contributed by atoms with Gasteiger partial charge in [0, 0.05) is 24.8 Å². The molecule has 20 heavy (non-hydrogen) atoms. The monoisotopic (exact) mass is 321 g/mol. The van der Waals surface area contributed by atoms with Crippen LogP contribution < -0.4 is 4.72 Å². The molecule has 7 heteroatoms. The van der Waals surface area contributed by atoms with Gasteiger partial charge in [0.15, 0.2) is 0 Å². The molecule has 0 radical (unpaired) electrons. The van der Waals surface area contributed by atoms with E-state index in [1.165, 1.54) is 18.9 Å². The van der Waals surface area contributed by atoms with E-state index >= 15 is 0 Å². The second kappa shape index (κ2) is 6.85. The highest BCUT2D eigenvalue weighted by Crippen LogP contribution is 2.28. The van der Waals surface area contributed by atoms with Crippen molar-refractivity contribution in [3.05, 3.63) is 29.0 Å². The highest BCUT2D eigenvalue weighted by atomic mass is 35.5. The van der Waals surface area contributed by atoms with Crippen molar-refractivity contribution in [3.63, 3.8) is 0 Å². The molecule has 0 heterocycles. The van der Waals surface area contributed by atoms with Crippen LogP contribution >= 0.6 is 11.6 Å². The molecule has 112 valence electrons. The Labute approximate surface area is 123 Å². The van der Waals surface area contributed by atoms with Gasteiger partial charge < -0.3 is 4.74 Å². The van der Waals surface area contributed by atoms with Crippen LogP contribution in [-0.4, -0.2) is 28.2 Å². The van der Waals surface area contributed by atoms with Crippen molar-refractivity contribution in [1.82, 2.24) is 4.72 Å². The van der Waals surface area contributed by atoms with Crippen molar-refractivity contribution in [1.29, 1.82) is 0 Å². The molecule has 1 aliphatic carbocycles. The molecule has 4 nitrogen and oxygen atoms in total. The number of sulfonamides is 1. The number of halogens is 2. The zero-order valence-electron chi connectivity index (χ0n) is 10.9. The number of benzene rings is 1. The highest BCUT2D eigenvalue weighted by Gasteiger charge is 2.21. The quantitative estimate of drug-likeness (QED) is 0.749. The Morgan fingerprint density at radius 1 is 1.40 bits per heavy atom. The van der Waals surface area contributed by atoms with Gasteiger partial charge in [-0.1, -0.05) is 11.6 Å². The van der Waals surface area contributed by atoms with Gasteiger partial charge in [0.2, 0.25) is 10.0 Å². The van der Waals surface area contributed by atoms with E-state index in [0.717, 1.165) is 18.7 Å². The van der Waals surface area contributed by atoms with E-state index < -0.39 is 15.8 Å². The summed E-state index contributed by atoms with van der Waals surface area (Å²) in [5.74, 6) is -0.162. The Morgan fingerprint density at radius 3 is 2.80 bits per heavy atom. The molecule has 1 aromatic rings. The molecule has 0 spiro atoms. The van der Waals surface area contributed by atoms with Crippen molar-refractivity contribution in [2.24, 2.45) is 5.92 Å². The molecule has 0 amide bonds. The molecule has 0 unspecified atom stereocenters. The van der Waals surface area contributed by atoms with E-state index in [0.29, 0.717) is 18.9 Å². The zero-order valence-corrected chi connectivity index (χ0v) is 12.5. The smallest absolute Gasteiger partial charge is 0.243 e. The summed E-state index contributed by atoms with van der Waals surface area (Å²) in [6, 6.07) is 3.48. The molecule has 0 atom stereocenters. The molecule has 0 saturated heterocycles. The second-order valence-electron chi connectivity index (χ2n) is 4.84. The standard InChI is InChI=1S/C13H17ClFNO3S/c14-11-4-5-13(12(15)8-11)20(17,18)16-6-1-7-19-9-10-2-3-10/h4-5,8,10,16H,1-3,6-7,9H2. The Morgan fingerprint density at radius 2 is 2.15 bits per heavy atom. The van der Waals surface area contributed by atoms with Crippen LogP contribution in [0.25, 0.3) is 0 Å². The van der Waals surface area contributed by atoms with Crippen molar-refractivity contribution >= 4 is 21.6 Å². The summed E-state index contributed by atoms with van der Waals surface area (Å²) < 4.78 is 45.0. The van der Waals surface area contributed by atoms with Gasteiger partial charge in [0.25, 0.3) is 0 Å². The van der Waals surface area contributed by atoms with Crippen molar-refractivity contribution in [3.8, 4) is 0 Å². The molecule has 1 fully saturated rings. The molecular weight excluding hydrogens is 305 g/mol. The summed E-state index contributed by atoms with van der Waals surface area (Å²) >= 11 is 5.59. The summed E-state index contributed by atoms with van der Waals surface area (Å²) in [5.41, 5.74) is 0. The van der Waals surface area contributed by atoms with E-state index in [-0.39, 0.29) is 16.5 Å². The lowest BCUT2D eigenvalue weighted by atomic mass is 10.3. The SMILES string of the molecule is O=S(=O)(NCCCOCC1CC1)c1ccc(Cl)cc1F. The number of rotatable bonds is 8. The van der Waals surface area contributed by atoms with Gasteiger partial charge in [0.1, 0.15) is 10.7 Å². The average molecular weight is 322 g/mol. The van der Waals surface area contributed by atoms with Crippen LogP contribution in [0.5, 0.6) is 0 Å². The Kier molecular flexibility index (Phi) is 5.37. The summed E-state index contributed by atoms with van der Waals surface area (Å²) in [4.78, 5) is -0.388. The first kappa shape index (κ1) is 15.7. The fourth-order valence-corrected chi connectivity index (χ4v) is 2.98. The van der Waals surface area contributed by atoms with Gasteiger partial charge in [-0.2, -0.15) is 0 Å². The van der Waals surface area contributed by atoms with Crippen LogP contribution in [-0.2, 0) is 14.8 Å². The van der Waals surface area contributed by atoms with E-state index in [4.69, 9.17) is 16.3 Å². The summed E-state index contributed by atoms with van der Waals surface area (Å²) in [5, 5.41) is 0.162. The minimum Gasteiger partial charge on any atom is -0.381 e. The molecule has 0 aromatic heterocycles. The predicted molar refractivity (Wildman–Crippen MR) is 74.8 cm³/mol. The largest absolute Gasteiger partial charge is 0.381 e. The molecule has 0 bridgehead atoms. The third-order valence-corrected chi connectivity index (χ3v) is 4.72. The topological polar surface area (TPSA) is 55.4 Å². The Bertz CT molecular complexity index is 561. The lowest BCUT2D eigenvalue weighted by molar-refractivity contribution is 0.123. The number of hydrogen-bond donors (Lipinski definition) is 1. The zero-order chi connectivity index (χ0) is 14.6. The van der Waals surface area contributed by atoms with E-state index in [1.54, 1.807) is 0 Å². The molecule has 0 aliphatic heterocycles. The summed E-state index contributed by atoms with van der Waals surface area (Å²) in [6.07, 6.45) is 3.01. The number of hydrogen-bond acceptors (Lipinski definition) is 3.